The molecule has 0 atom stereocenters. The first-order chi connectivity index (χ1) is 9.60. The van der Waals surface area contributed by atoms with Crippen LogP contribution in [0.1, 0.15) is 13.3 Å². The molecular weight excluding hydrogens is 300 g/mol. The molecule has 0 unspecified atom stereocenters. The summed E-state index contributed by atoms with van der Waals surface area (Å²) in [6, 6.07) is 5.22. The summed E-state index contributed by atoms with van der Waals surface area (Å²) in [6.45, 7) is 1.55. The van der Waals surface area contributed by atoms with E-state index in [0.717, 1.165) is 0 Å². The van der Waals surface area contributed by atoms with Gasteiger partial charge >= 0.3 is 0 Å². The van der Waals surface area contributed by atoms with Crippen LogP contribution in [0.3, 0.4) is 0 Å². The number of thioether (sulfide) groups is 1. The first-order valence-corrected chi connectivity index (χ1v) is 7.26. The van der Waals surface area contributed by atoms with Gasteiger partial charge in [-0.1, -0.05) is 23.4 Å². The van der Waals surface area contributed by atoms with Gasteiger partial charge in [-0.25, -0.2) is 0 Å². The summed E-state index contributed by atoms with van der Waals surface area (Å²) in [6.07, 6.45) is 0.478. The molecule has 0 N–H and O–H groups in total. The number of benzene rings is 1. The molecule has 0 aliphatic rings. The Kier molecular flexibility index (Phi) is 5.03. The molecule has 20 heavy (non-hydrogen) atoms. The highest BCUT2D eigenvalue weighted by Gasteiger charge is 2.13. The number of halogens is 1. The molecule has 0 saturated carbocycles. The molecule has 0 radical (unpaired) electrons. The van der Waals surface area contributed by atoms with Crippen LogP contribution in [0.5, 0.6) is 5.75 Å². The first kappa shape index (κ1) is 14.9. The number of ketones is 1. The van der Waals surface area contributed by atoms with Gasteiger partial charge in [0.05, 0.1) is 17.7 Å². The summed E-state index contributed by atoms with van der Waals surface area (Å²) in [5.41, 5.74) is 0.651. The highest BCUT2D eigenvalue weighted by Crippen LogP contribution is 2.31. The Bertz CT molecular complexity index is 615. The highest BCUT2D eigenvalue weighted by atomic mass is 35.5. The first-order valence-electron chi connectivity index (χ1n) is 5.90. The zero-order chi connectivity index (χ0) is 14.5. The summed E-state index contributed by atoms with van der Waals surface area (Å²) in [5.74, 6) is 1.76. The number of nitrogens with zero attached hydrogens (tertiary/aromatic N) is 2. The van der Waals surface area contributed by atoms with Crippen molar-refractivity contribution in [3.8, 4) is 17.2 Å². The van der Waals surface area contributed by atoms with Gasteiger partial charge in [0.1, 0.15) is 11.5 Å². The predicted octanol–water partition coefficient (Wildman–Crippen LogP) is 3.47. The van der Waals surface area contributed by atoms with Crippen LogP contribution in [0, 0.1) is 0 Å². The predicted molar refractivity (Wildman–Crippen MR) is 77.3 cm³/mol. The molecule has 2 rings (SSSR count). The standard InChI is InChI=1S/C13H13ClN2O3S/c1-8(17)5-6-20-13-16-15-12(19-13)10-4-3-9(18-2)7-11(10)14/h3-4,7H,5-6H2,1-2H3. The van der Waals surface area contributed by atoms with E-state index in [4.69, 9.17) is 20.8 Å². The Balaban J connectivity index is 2.10. The third kappa shape index (κ3) is 3.74. The zero-order valence-corrected chi connectivity index (χ0v) is 12.6. The lowest BCUT2D eigenvalue weighted by molar-refractivity contribution is -0.116. The topological polar surface area (TPSA) is 65.2 Å². The monoisotopic (exact) mass is 312 g/mol. The minimum absolute atomic E-state index is 0.135. The molecular formula is C13H13ClN2O3S. The van der Waals surface area contributed by atoms with Crippen LogP contribution >= 0.6 is 23.4 Å². The van der Waals surface area contributed by atoms with Crippen molar-refractivity contribution >= 4 is 29.1 Å². The van der Waals surface area contributed by atoms with Gasteiger partial charge in [-0.2, -0.15) is 0 Å². The minimum atomic E-state index is 0.135. The number of rotatable bonds is 6. The minimum Gasteiger partial charge on any atom is -0.497 e. The van der Waals surface area contributed by atoms with Crippen LogP contribution in [-0.4, -0.2) is 28.8 Å². The quantitative estimate of drug-likeness (QED) is 0.761. The van der Waals surface area contributed by atoms with E-state index in [2.05, 4.69) is 10.2 Å². The smallest absolute Gasteiger partial charge is 0.276 e. The Morgan fingerprint density at radius 3 is 2.90 bits per heavy atom. The second-order valence-electron chi connectivity index (χ2n) is 4.02. The van der Waals surface area contributed by atoms with E-state index in [9.17, 15) is 4.79 Å². The number of methoxy groups -OCH3 is 1. The summed E-state index contributed by atoms with van der Waals surface area (Å²) in [4.78, 5) is 10.9. The molecule has 0 aliphatic heterocycles. The molecule has 2 aromatic rings. The van der Waals surface area contributed by atoms with Gasteiger partial charge in [0.2, 0.25) is 5.89 Å². The van der Waals surface area contributed by atoms with Crippen LogP contribution in [-0.2, 0) is 4.79 Å². The summed E-state index contributed by atoms with van der Waals surface area (Å²) in [5, 5.41) is 8.78. The van der Waals surface area contributed by atoms with Crippen LogP contribution in [0.2, 0.25) is 5.02 Å². The van der Waals surface area contributed by atoms with Crippen LogP contribution < -0.4 is 4.74 Å². The summed E-state index contributed by atoms with van der Waals surface area (Å²) >= 11 is 7.49. The molecule has 0 spiro atoms. The normalized spacial score (nSPS) is 10.6. The number of ether oxygens (including phenoxy) is 1. The maximum Gasteiger partial charge on any atom is 0.276 e. The largest absolute Gasteiger partial charge is 0.497 e. The number of hydrogen-bond donors (Lipinski definition) is 0. The molecule has 1 heterocycles. The Morgan fingerprint density at radius 1 is 1.45 bits per heavy atom. The molecule has 0 aliphatic carbocycles. The van der Waals surface area contributed by atoms with Gasteiger partial charge in [-0.3, -0.25) is 4.79 Å². The fraction of sp³-hybridized carbons (Fsp3) is 0.308. The lowest BCUT2D eigenvalue weighted by Gasteiger charge is -2.02. The van der Waals surface area contributed by atoms with E-state index >= 15 is 0 Å². The van der Waals surface area contributed by atoms with Crippen molar-refractivity contribution in [3.05, 3.63) is 23.2 Å². The molecule has 0 fully saturated rings. The van der Waals surface area contributed by atoms with Crippen molar-refractivity contribution in [2.75, 3.05) is 12.9 Å². The van der Waals surface area contributed by atoms with Crippen LogP contribution in [0.15, 0.2) is 27.8 Å². The molecule has 0 bridgehead atoms. The lowest BCUT2D eigenvalue weighted by Crippen LogP contribution is -1.91. The van der Waals surface area contributed by atoms with Crippen molar-refractivity contribution in [3.63, 3.8) is 0 Å². The van der Waals surface area contributed by atoms with Gasteiger partial charge in [-0.15, -0.1) is 10.2 Å². The average Bonchev–Trinajstić information content (AvgIpc) is 2.86. The number of hydrogen-bond acceptors (Lipinski definition) is 6. The number of carbonyl (C=O) groups is 1. The average molecular weight is 313 g/mol. The van der Waals surface area contributed by atoms with Crippen LogP contribution in [0.25, 0.3) is 11.5 Å². The number of aromatic nitrogens is 2. The van der Waals surface area contributed by atoms with Crippen molar-refractivity contribution in [1.82, 2.24) is 10.2 Å². The van der Waals surface area contributed by atoms with Crippen molar-refractivity contribution in [1.29, 1.82) is 0 Å². The van der Waals surface area contributed by atoms with Crippen molar-refractivity contribution < 1.29 is 13.9 Å². The van der Waals surface area contributed by atoms with E-state index in [1.807, 2.05) is 0 Å². The lowest BCUT2D eigenvalue weighted by atomic mass is 10.2. The van der Waals surface area contributed by atoms with E-state index in [0.29, 0.717) is 39.6 Å². The van der Waals surface area contributed by atoms with E-state index < -0.39 is 0 Å². The van der Waals surface area contributed by atoms with Gasteiger partial charge in [0.15, 0.2) is 0 Å². The highest BCUT2D eigenvalue weighted by molar-refractivity contribution is 7.99. The fourth-order valence-corrected chi connectivity index (χ4v) is 2.51. The Morgan fingerprint density at radius 2 is 2.25 bits per heavy atom. The maximum absolute atomic E-state index is 10.9. The van der Waals surface area contributed by atoms with Crippen molar-refractivity contribution in [2.24, 2.45) is 0 Å². The molecule has 0 amide bonds. The number of carbonyl (C=O) groups excluding carboxylic acids is 1. The maximum atomic E-state index is 10.9. The third-order valence-corrected chi connectivity index (χ3v) is 3.63. The molecule has 106 valence electrons. The van der Waals surface area contributed by atoms with Gasteiger partial charge in [0.25, 0.3) is 5.22 Å². The SMILES string of the molecule is COc1ccc(-c2nnc(SCCC(C)=O)o2)c(Cl)c1. The molecule has 1 aromatic carbocycles. The zero-order valence-electron chi connectivity index (χ0n) is 11.1. The molecule has 0 saturated heterocycles. The van der Waals surface area contributed by atoms with Gasteiger partial charge in [-0.05, 0) is 25.1 Å². The van der Waals surface area contributed by atoms with E-state index in [1.165, 1.54) is 11.8 Å². The third-order valence-electron chi connectivity index (χ3n) is 2.49. The Labute approximate surface area is 125 Å². The van der Waals surface area contributed by atoms with Gasteiger partial charge in [0, 0.05) is 12.2 Å². The fourth-order valence-electron chi connectivity index (χ4n) is 1.46. The molecule has 7 heteroatoms. The van der Waals surface area contributed by atoms with Gasteiger partial charge < -0.3 is 9.15 Å². The summed E-state index contributed by atoms with van der Waals surface area (Å²) < 4.78 is 10.6. The van der Waals surface area contributed by atoms with E-state index in [1.54, 1.807) is 32.2 Å². The second kappa shape index (κ2) is 6.76. The summed E-state index contributed by atoms with van der Waals surface area (Å²) in [7, 11) is 1.57. The second-order valence-corrected chi connectivity index (χ2v) is 5.47. The van der Waals surface area contributed by atoms with Crippen LogP contribution in [0.4, 0.5) is 0 Å². The number of Topliss-reactive ketones (excluding diaryl/α,β-unsaturated/α-hetero) is 1. The molecule has 5 nitrogen and oxygen atoms in total. The molecule has 1 aromatic heterocycles. The van der Waals surface area contributed by atoms with Crippen molar-refractivity contribution in [2.45, 2.75) is 18.6 Å². The van der Waals surface area contributed by atoms with E-state index in [-0.39, 0.29) is 5.78 Å². The Hall–Kier alpha value is -1.53.